The molecule has 92 valence electrons. The molecule has 0 spiro atoms. The number of halogens is 1. The number of rotatable bonds is 4. The molecule has 0 radical (unpaired) electrons. The Kier molecular flexibility index (Phi) is 4.03. The van der Waals surface area contributed by atoms with Crippen molar-refractivity contribution in [3.63, 3.8) is 0 Å². The molecule has 0 saturated carbocycles. The predicted octanol–water partition coefficient (Wildman–Crippen LogP) is 3.66. The van der Waals surface area contributed by atoms with E-state index in [-0.39, 0.29) is 6.04 Å². The summed E-state index contributed by atoms with van der Waals surface area (Å²) in [6.07, 6.45) is 0. The molecule has 2 aromatic rings. The van der Waals surface area contributed by atoms with E-state index in [0.29, 0.717) is 12.3 Å². The molecule has 0 bridgehead atoms. The van der Waals surface area contributed by atoms with Crippen molar-refractivity contribution < 1.29 is 4.42 Å². The minimum atomic E-state index is 0.166. The maximum atomic E-state index is 8.66. The lowest BCUT2D eigenvalue weighted by Crippen LogP contribution is -2.17. The Bertz CT molecular complexity index is 571. The number of nitrogens with one attached hydrogen (secondary N) is 1. The fraction of sp³-hybridized carbons (Fsp3) is 0.214. The molecule has 0 aliphatic heterocycles. The molecule has 2 rings (SSSR count). The average molecular weight is 261 g/mol. The van der Waals surface area contributed by atoms with Gasteiger partial charge in [0.1, 0.15) is 11.8 Å². The first-order valence-corrected chi connectivity index (χ1v) is 6.04. The van der Waals surface area contributed by atoms with E-state index in [9.17, 15) is 0 Å². The highest BCUT2D eigenvalue weighted by Gasteiger charge is 2.07. The van der Waals surface area contributed by atoms with E-state index >= 15 is 0 Å². The molecule has 4 heteroatoms. The fourth-order valence-corrected chi connectivity index (χ4v) is 1.88. The van der Waals surface area contributed by atoms with Gasteiger partial charge in [0, 0.05) is 11.1 Å². The largest absolute Gasteiger partial charge is 0.449 e. The Balaban J connectivity index is 1.96. The van der Waals surface area contributed by atoms with E-state index in [1.165, 1.54) is 0 Å². The first-order valence-electron chi connectivity index (χ1n) is 5.66. The topological polar surface area (TPSA) is 49.0 Å². The van der Waals surface area contributed by atoms with Gasteiger partial charge < -0.3 is 9.73 Å². The van der Waals surface area contributed by atoms with Gasteiger partial charge in [0.15, 0.2) is 0 Å². The zero-order valence-corrected chi connectivity index (χ0v) is 10.7. The van der Waals surface area contributed by atoms with Gasteiger partial charge in [-0.25, -0.2) is 0 Å². The fourth-order valence-electron chi connectivity index (χ4n) is 1.68. The molecular weight excluding hydrogens is 248 g/mol. The van der Waals surface area contributed by atoms with Crippen LogP contribution < -0.4 is 5.32 Å². The summed E-state index contributed by atoms with van der Waals surface area (Å²) in [7, 11) is 0. The number of furan rings is 1. The van der Waals surface area contributed by atoms with Gasteiger partial charge in [0.05, 0.1) is 6.54 Å². The van der Waals surface area contributed by atoms with Gasteiger partial charge in [0.25, 0.3) is 0 Å². The van der Waals surface area contributed by atoms with Gasteiger partial charge in [-0.2, -0.15) is 5.26 Å². The zero-order valence-electron chi connectivity index (χ0n) is 9.98. The number of nitriles is 1. The maximum Gasteiger partial charge on any atom is 0.203 e. The molecule has 1 aromatic heterocycles. The van der Waals surface area contributed by atoms with Crippen molar-refractivity contribution in [1.82, 2.24) is 5.32 Å². The van der Waals surface area contributed by atoms with Crippen molar-refractivity contribution in [1.29, 1.82) is 5.26 Å². The first kappa shape index (κ1) is 12.7. The molecule has 0 amide bonds. The van der Waals surface area contributed by atoms with Crippen molar-refractivity contribution >= 4 is 11.6 Å². The standard InChI is InChI=1S/C14H13ClN2O/c1-10(11-3-2-4-12(15)7-11)17-9-14-6-5-13(8-16)18-14/h2-7,10,17H,9H2,1H3/t10-/m0/s1. The summed E-state index contributed by atoms with van der Waals surface area (Å²) in [6, 6.07) is 13.3. The van der Waals surface area contributed by atoms with Crippen LogP contribution in [0.3, 0.4) is 0 Å². The number of hydrogen-bond acceptors (Lipinski definition) is 3. The second-order valence-corrected chi connectivity index (χ2v) is 4.47. The van der Waals surface area contributed by atoms with Crippen LogP contribution in [-0.4, -0.2) is 0 Å². The second kappa shape index (κ2) is 5.72. The maximum absolute atomic E-state index is 8.66. The van der Waals surface area contributed by atoms with Gasteiger partial charge >= 0.3 is 0 Å². The van der Waals surface area contributed by atoms with Gasteiger partial charge in [-0.05, 0) is 36.8 Å². The smallest absolute Gasteiger partial charge is 0.203 e. The molecule has 0 aliphatic rings. The Morgan fingerprint density at radius 1 is 1.39 bits per heavy atom. The predicted molar refractivity (Wildman–Crippen MR) is 70.1 cm³/mol. The highest BCUT2D eigenvalue weighted by molar-refractivity contribution is 6.30. The number of nitrogens with zero attached hydrogens (tertiary/aromatic N) is 1. The second-order valence-electron chi connectivity index (χ2n) is 4.04. The number of hydrogen-bond donors (Lipinski definition) is 1. The van der Waals surface area contributed by atoms with E-state index in [4.69, 9.17) is 21.3 Å². The van der Waals surface area contributed by atoms with E-state index in [1.807, 2.05) is 30.3 Å². The summed E-state index contributed by atoms with van der Waals surface area (Å²) in [5.41, 5.74) is 1.12. The van der Waals surface area contributed by atoms with Crippen molar-refractivity contribution in [3.05, 3.63) is 58.5 Å². The Labute approximate surface area is 111 Å². The van der Waals surface area contributed by atoms with Gasteiger partial charge in [-0.3, -0.25) is 0 Å². The van der Waals surface area contributed by atoms with Crippen molar-refractivity contribution in [2.24, 2.45) is 0 Å². The van der Waals surface area contributed by atoms with Crippen LogP contribution in [0.1, 0.15) is 30.0 Å². The van der Waals surface area contributed by atoms with Crippen molar-refractivity contribution in [2.45, 2.75) is 19.5 Å². The van der Waals surface area contributed by atoms with Crippen molar-refractivity contribution in [3.8, 4) is 6.07 Å². The van der Waals surface area contributed by atoms with Crippen LogP contribution in [0.4, 0.5) is 0 Å². The van der Waals surface area contributed by atoms with Crippen LogP contribution in [0.25, 0.3) is 0 Å². The third kappa shape index (κ3) is 3.13. The van der Waals surface area contributed by atoms with E-state index < -0.39 is 0 Å². The van der Waals surface area contributed by atoms with E-state index in [0.717, 1.165) is 16.3 Å². The average Bonchev–Trinajstić information content (AvgIpc) is 2.84. The van der Waals surface area contributed by atoms with Crippen LogP contribution >= 0.6 is 11.6 Å². The lowest BCUT2D eigenvalue weighted by atomic mass is 10.1. The third-order valence-corrected chi connectivity index (χ3v) is 2.94. The Morgan fingerprint density at radius 2 is 2.22 bits per heavy atom. The summed E-state index contributed by atoms with van der Waals surface area (Å²) >= 11 is 5.95. The molecule has 0 fully saturated rings. The summed E-state index contributed by atoms with van der Waals surface area (Å²) in [5, 5.41) is 12.7. The van der Waals surface area contributed by atoms with E-state index in [1.54, 1.807) is 12.1 Å². The van der Waals surface area contributed by atoms with Crippen LogP contribution in [0.5, 0.6) is 0 Å². The minimum absolute atomic E-state index is 0.166. The highest BCUT2D eigenvalue weighted by atomic mass is 35.5. The van der Waals surface area contributed by atoms with Crippen LogP contribution in [-0.2, 0) is 6.54 Å². The molecule has 1 atom stereocenters. The highest BCUT2D eigenvalue weighted by Crippen LogP contribution is 2.18. The molecule has 18 heavy (non-hydrogen) atoms. The lowest BCUT2D eigenvalue weighted by Gasteiger charge is -2.13. The monoisotopic (exact) mass is 260 g/mol. The Hall–Kier alpha value is -1.76. The van der Waals surface area contributed by atoms with Crippen LogP contribution in [0.2, 0.25) is 5.02 Å². The van der Waals surface area contributed by atoms with Gasteiger partial charge in [0.2, 0.25) is 5.76 Å². The van der Waals surface area contributed by atoms with Gasteiger partial charge in [-0.1, -0.05) is 23.7 Å². The zero-order chi connectivity index (χ0) is 13.0. The molecule has 3 nitrogen and oxygen atoms in total. The Morgan fingerprint density at radius 3 is 2.89 bits per heavy atom. The summed E-state index contributed by atoms with van der Waals surface area (Å²) in [4.78, 5) is 0. The summed E-state index contributed by atoms with van der Waals surface area (Å²) < 4.78 is 5.29. The molecule has 0 aliphatic carbocycles. The normalized spacial score (nSPS) is 12.1. The first-order chi connectivity index (χ1) is 8.69. The molecule has 0 unspecified atom stereocenters. The third-order valence-electron chi connectivity index (χ3n) is 2.70. The molecule has 1 N–H and O–H groups in total. The lowest BCUT2D eigenvalue weighted by molar-refractivity contribution is 0.453. The molecule has 0 saturated heterocycles. The summed E-state index contributed by atoms with van der Waals surface area (Å²) in [6.45, 7) is 2.63. The number of benzene rings is 1. The molecule has 1 heterocycles. The molecule has 1 aromatic carbocycles. The molecular formula is C14H13ClN2O. The quantitative estimate of drug-likeness (QED) is 0.913. The van der Waals surface area contributed by atoms with E-state index in [2.05, 4.69) is 12.2 Å². The van der Waals surface area contributed by atoms with Crippen LogP contribution in [0.15, 0.2) is 40.8 Å². The summed E-state index contributed by atoms with van der Waals surface area (Å²) in [5.74, 6) is 1.09. The van der Waals surface area contributed by atoms with Crippen LogP contribution in [0, 0.1) is 11.3 Å². The minimum Gasteiger partial charge on any atom is -0.449 e. The SMILES string of the molecule is C[C@H](NCc1ccc(C#N)o1)c1cccc(Cl)c1. The van der Waals surface area contributed by atoms with Crippen molar-refractivity contribution in [2.75, 3.05) is 0 Å². The van der Waals surface area contributed by atoms with Gasteiger partial charge in [-0.15, -0.1) is 0 Å².